The average Bonchev–Trinajstić information content (AvgIpc) is 2.43. The van der Waals surface area contributed by atoms with Crippen LogP contribution in [0.5, 0.6) is 0 Å². The molecule has 0 fully saturated rings. The third-order valence-electron chi connectivity index (χ3n) is 2.97. The maximum Gasteiger partial charge on any atom is 0.159 e. The standard InChI is InChI=1S/C15H26BrN3O/c1-5-9-11-13(16)15(17-7-3)19-14(18-11)12(10-6-2)20-8-4/h12H,5-10H2,1-4H3,(H,17,18,19). The Balaban J connectivity index is 3.15. The van der Waals surface area contributed by atoms with Gasteiger partial charge in [-0.05, 0) is 42.6 Å². The fourth-order valence-corrected chi connectivity index (χ4v) is 2.61. The number of aromatic nitrogens is 2. The summed E-state index contributed by atoms with van der Waals surface area (Å²) in [6.45, 7) is 9.92. The second kappa shape index (κ2) is 9.29. The SMILES string of the molecule is CCCc1nc(C(CCC)OCC)nc(NCC)c1Br. The lowest BCUT2D eigenvalue weighted by molar-refractivity contribution is 0.0493. The highest BCUT2D eigenvalue weighted by atomic mass is 79.9. The van der Waals surface area contributed by atoms with Gasteiger partial charge < -0.3 is 10.1 Å². The van der Waals surface area contributed by atoms with E-state index in [0.717, 1.165) is 54.0 Å². The molecule has 0 amide bonds. The molecule has 1 aromatic rings. The summed E-state index contributed by atoms with van der Waals surface area (Å²) < 4.78 is 6.79. The van der Waals surface area contributed by atoms with E-state index in [1.165, 1.54) is 0 Å². The molecule has 1 heterocycles. The van der Waals surface area contributed by atoms with Gasteiger partial charge in [0.2, 0.25) is 0 Å². The number of anilines is 1. The number of nitrogens with zero attached hydrogens (tertiary/aromatic N) is 2. The molecule has 0 aromatic carbocycles. The van der Waals surface area contributed by atoms with Crippen molar-refractivity contribution in [3.63, 3.8) is 0 Å². The average molecular weight is 344 g/mol. The Labute approximate surface area is 130 Å². The van der Waals surface area contributed by atoms with E-state index >= 15 is 0 Å². The first kappa shape index (κ1) is 17.4. The maximum absolute atomic E-state index is 5.81. The first-order chi connectivity index (χ1) is 9.67. The molecule has 0 aliphatic rings. The molecule has 114 valence electrons. The molecule has 0 saturated heterocycles. The Morgan fingerprint density at radius 3 is 2.45 bits per heavy atom. The molecule has 0 aliphatic carbocycles. The van der Waals surface area contributed by atoms with Crippen molar-refractivity contribution in [2.75, 3.05) is 18.5 Å². The van der Waals surface area contributed by atoms with Crippen LogP contribution in [0.15, 0.2) is 4.47 Å². The number of ether oxygens (including phenoxy) is 1. The number of halogens is 1. The summed E-state index contributed by atoms with van der Waals surface area (Å²) in [6.07, 6.45) is 4.01. The summed E-state index contributed by atoms with van der Waals surface area (Å²) in [4.78, 5) is 9.37. The van der Waals surface area contributed by atoms with Gasteiger partial charge in [-0.15, -0.1) is 0 Å². The van der Waals surface area contributed by atoms with Gasteiger partial charge in [-0.3, -0.25) is 0 Å². The van der Waals surface area contributed by atoms with Crippen molar-refractivity contribution in [2.45, 2.75) is 59.5 Å². The quantitative estimate of drug-likeness (QED) is 0.716. The molecule has 4 nitrogen and oxygen atoms in total. The molecule has 1 atom stereocenters. The van der Waals surface area contributed by atoms with Crippen molar-refractivity contribution >= 4 is 21.7 Å². The fourth-order valence-electron chi connectivity index (χ4n) is 2.09. The third kappa shape index (κ3) is 4.70. The largest absolute Gasteiger partial charge is 0.371 e. The normalized spacial score (nSPS) is 12.4. The van der Waals surface area contributed by atoms with Crippen LogP contribution in [0, 0.1) is 0 Å². The second-order valence-corrected chi connectivity index (χ2v) is 5.50. The molecule has 0 bridgehead atoms. The Bertz CT molecular complexity index is 379. The lowest BCUT2D eigenvalue weighted by Crippen LogP contribution is -2.13. The highest BCUT2D eigenvalue weighted by molar-refractivity contribution is 9.10. The van der Waals surface area contributed by atoms with E-state index in [9.17, 15) is 0 Å². The topological polar surface area (TPSA) is 47.0 Å². The smallest absolute Gasteiger partial charge is 0.159 e. The number of aryl methyl sites for hydroxylation is 1. The van der Waals surface area contributed by atoms with Gasteiger partial charge in [0.05, 0.1) is 10.2 Å². The zero-order valence-corrected chi connectivity index (χ0v) is 14.6. The van der Waals surface area contributed by atoms with E-state index in [4.69, 9.17) is 9.72 Å². The number of hydrogen-bond donors (Lipinski definition) is 1. The molecular formula is C15H26BrN3O. The van der Waals surface area contributed by atoms with Crippen molar-refractivity contribution in [3.05, 3.63) is 16.0 Å². The van der Waals surface area contributed by atoms with Crippen LogP contribution >= 0.6 is 15.9 Å². The highest BCUT2D eigenvalue weighted by Crippen LogP contribution is 2.28. The minimum Gasteiger partial charge on any atom is -0.371 e. The number of nitrogens with one attached hydrogen (secondary N) is 1. The zero-order valence-electron chi connectivity index (χ0n) is 13.0. The van der Waals surface area contributed by atoms with E-state index in [0.29, 0.717) is 6.61 Å². The van der Waals surface area contributed by atoms with Gasteiger partial charge >= 0.3 is 0 Å². The molecule has 0 aliphatic heterocycles. The molecule has 20 heavy (non-hydrogen) atoms. The van der Waals surface area contributed by atoms with Gasteiger partial charge in [0.25, 0.3) is 0 Å². The molecular weight excluding hydrogens is 318 g/mol. The summed E-state index contributed by atoms with van der Waals surface area (Å²) in [7, 11) is 0. The van der Waals surface area contributed by atoms with Gasteiger partial charge in [-0.25, -0.2) is 9.97 Å². The van der Waals surface area contributed by atoms with Crippen LogP contribution < -0.4 is 5.32 Å². The molecule has 5 heteroatoms. The minimum atomic E-state index is -0.00823. The maximum atomic E-state index is 5.81. The van der Waals surface area contributed by atoms with Crippen molar-refractivity contribution < 1.29 is 4.74 Å². The van der Waals surface area contributed by atoms with Crippen molar-refractivity contribution in [2.24, 2.45) is 0 Å². The summed E-state index contributed by atoms with van der Waals surface area (Å²) in [6, 6.07) is 0. The van der Waals surface area contributed by atoms with Gasteiger partial charge in [0, 0.05) is 13.2 Å². The monoisotopic (exact) mass is 343 g/mol. The van der Waals surface area contributed by atoms with Crippen LogP contribution in [0.3, 0.4) is 0 Å². The van der Waals surface area contributed by atoms with Gasteiger partial charge in [0.1, 0.15) is 11.9 Å². The predicted octanol–water partition coefficient (Wildman–Crippen LogP) is 4.50. The van der Waals surface area contributed by atoms with Crippen LogP contribution in [0.4, 0.5) is 5.82 Å². The first-order valence-electron chi connectivity index (χ1n) is 7.59. The first-order valence-corrected chi connectivity index (χ1v) is 8.38. The van der Waals surface area contributed by atoms with E-state index in [2.05, 4.69) is 47.0 Å². The molecule has 0 spiro atoms. The summed E-state index contributed by atoms with van der Waals surface area (Å²) >= 11 is 3.62. The van der Waals surface area contributed by atoms with E-state index in [1.54, 1.807) is 0 Å². The van der Waals surface area contributed by atoms with E-state index in [1.807, 2.05) is 6.92 Å². The van der Waals surface area contributed by atoms with Crippen molar-refractivity contribution in [3.8, 4) is 0 Å². The van der Waals surface area contributed by atoms with Crippen molar-refractivity contribution in [1.82, 2.24) is 9.97 Å². The van der Waals surface area contributed by atoms with Gasteiger partial charge in [-0.2, -0.15) is 0 Å². The lowest BCUT2D eigenvalue weighted by Gasteiger charge is -2.18. The molecule has 0 radical (unpaired) electrons. The van der Waals surface area contributed by atoms with Crippen molar-refractivity contribution in [1.29, 1.82) is 0 Å². The Morgan fingerprint density at radius 2 is 1.90 bits per heavy atom. The minimum absolute atomic E-state index is 0.00823. The number of rotatable bonds is 9. The van der Waals surface area contributed by atoms with Gasteiger partial charge in [0.15, 0.2) is 5.82 Å². The highest BCUT2D eigenvalue weighted by Gasteiger charge is 2.18. The van der Waals surface area contributed by atoms with Crippen LogP contribution in [-0.2, 0) is 11.2 Å². The third-order valence-corrected chi connectivity index (χ3v) is 3.81. The zero-order chi connectivity index (χ0) is 15.0. The van der Waals surface area contributed by atoms with Gasteiger partial charge in [-0.1, -0.05) is 26.7 Å². The van der Waals surface area contributed by atoms with E-state index < -0.39 is 0 Å². The Morgan fingerprint density at radius 1 is 1.15 bits per heavy atom. The summed E-state index contributed by atoms with van der Waals surface area (Å²) in [5.41, 5.74) is 1.06. The van der Waals surface area contributed by atoms with Crippen LogP contribution in [0.2, 0.25) is 0 Å². The summed E-state index contributed by atoms with van der Waals surface area (Å²) in [5.74, 6) is 1.68. The Kier molecular flexibility index (Phi) is 8.07. The molecule has 1 N–H and O–H groups in total. The van der Waals surface area contributed by atoms with Crippen LogP contribution in [-0.4, -0.2) is 23.1 Å². The fraction of sp³-hybridized carbons (Fsp3) is 0.733. The molecule has 1 unspecified atom stereocenters. The molecule has 0 saturated carbocycles. The second-order valence-electron chi connectivity index (χ2n) is 4.70. The Hall–Kier alpha value is -0.680. The number of hydrogen-bond acceptors (Lipinski definition) is 4. The van der Waals surface area contributed by atoms with E-state index in [-0.39, 0.29) is 6.10 Å². The van der Waals surface area contributed by atoms with Crippen LogP contribution in [0.1, 0.15) is 64.6 Å². The molecule has 1 rings (SSSR count). The molecule has 1 aromatic heterocycles. The lowest BCUT2D eigenvalue weighted by atomic mass is 10.1. The predicted molar refractivity (Wildman–Crippen MR) is 87.2 cm³/mol. The van der Waals surface area contributed by atoms with Crippen LogP contribution in [0.25, 0.3) is 0 Å². The summed E-state index contributed by atoms with van der Waals surface area (Å²) in [5, 5.41) is 3.30.